The average Bonchev–Trinajstić information content (AvgIpc) is 3.16. The van der Waals surface area contributed by atoms with E-state index in [9.17, 15) is 9.90 Å². The van der Waals surface area contributed by atoms with E-state index in [1.54, 1.807) is 26.4 Å². The fraction of sp³-hybridized carbons (Fsp3) is 0.269. The number of aliphatic hydroxyl groups is 1. The molecule has 2 N–H and O–H groups in total. The number of rotatable bonds is 8. The van der Waals surface area contributed by atoms with Crippen molar-refractivity contribution >= 4 is 6.09 Å². The van der Waals surface area contributed by atoms with Gasteiger partial charge < -0.3 is 24.6 Å². The van der Waals surface area contributed by atoms with E-state index in [-0.39, 0.29) is 31.6 Å². The summed E-state index contributed by atoms with van der Waals surface area (Å²) < 4.78 is 16.2. The Morgan fingerprint density at radius 1 is 0.938 bits per heavy atom. The molecule has 3 aromatic carbocycles. The van der Waals surface area contributed by atoms with E-state index in [0.29, 0.717) is 11.5 Å². The lowest BCUT2D eigenvalue weighted by molar-refractivity contribution is 0.141. The Hall–Kier alpha value is -3.51. The van der Waals surface area contributed by atoms with E-state index in [0.717, 1.165) is 5.56 Å². The number of carbonyl (C=O) groups is 1. The van der Waals surface area contributed by atoms with Crippen LogP contribution in [0.2, 0.25) is 0 Å². The van der Waals surface area contributed by atoms with Crippen molar-refractivity contribution in [2.45, 2.75) is 11.8 Å². The van der Waals surface area contributed by atoms with E-state index in [4.69, 9.17) is 14.2 Å². The van der Waals surface area contributed by atoms with Gasteiger partial charge in [-0.15, -0.1) is 0 Å². The maximum Gasteiger partial charge on any atom is 0.407 e. The largest absolute Gasteiger partial charge is 0.493 e. The Morgan fingerprint density at radius 3 is 2.16 bits per heavy atom. The van der Waals surface area contributed by atoms with Gasteiger partial charge >= 0.3 is 6.09 Å². The number of amides is 1. The molecule has 166 valence electrons. The Balaban J connectivity index is 1.38. The molecule has 3 aromatic rings. The third-order valence-electron chi connectivity index (χ3n) is 5.94. The van der Waals surface area contributed by atoms with Gasteiger partial charge in [0.1, 0.15) is 6.61 Å². The van der Waals surface area contributed by atoms with Crippen molar-refractivity contribution in [3.8, 4) is 22.6 Å². The number of benzene rings is 3. The fourth-order valence-corrected chi connectivity index (χ4v) is 4.25. The fourth-order valence-electron chi connectivity index (χ4n) is 4.25. The minimum Gasteiger partial charge on any atom is -0.493 e. The predicted octanol–water partition coefficient (Wildman–Crippen LogP) is 4.32. The SMILES string of the molecule is COc1ccc(C(CO)CNC(=O)OCC2c3ccccc3-c3ccccc32)cc1OC. The number of aliphatic hydroxyl groups excluding tert-OH is 1. The van der Waals surface area contributed by atoms with E-state index in [1.165, 1.54) is 22.3 Å². The van der Waals surface area contributed by atoms with Crippen molar-refractivity contribution < 1.29 is 24.1 Å². The maximum atomic E-state index is 12.4. The van der Waals surface area contributed by atoms with Crippen LogP contribution in [-0.4, -0.2) is 45.2 Å². The molecule has 1 unspecified atom stereocenters. The molecule has 0 radical (unpaired) electrons. The van der Waals surface area contributed by atoms with Gasteiger partial charge in [0.2, 0.25) is 0 Å². The molecule has 1 aliphatic carbocycles. The molecule has 1 aliphatic rings. The number of nitrogens with one attached hydrogen (secondary N) is 1. The lowest BCUT2D eigenvalue weighted by atomic mass is 9.98. The summed E-state index contributed by atoms with van der Waals surface area (Å²) in [6.45, 7) is 0.363. The highest BCUT2D eigenvalue weighted by Gasteiger charge is 2.29. The minimum absolute atomic E-state index is 0.00707. The number of hydrogen-bond donors (Lipinski definition) is 2. The second-order valence-corrected chi connectivity index (χ2v) is 7.70. The van der Waals surface area contributed by atoms with Gasteiger partial charge in [0, 0.05) is 18.4 Å². The molecule has 0 bridgehead atoms. The van der Waals surface area contributed by atoms with E-state index in [2.05, 4.69) is 29.6 Å². The van der Waals surface area contributed by atoms with Crippen LogP contribution in [0.25, 0.3) is 11.1 Å². The van der Waals surface area contributed by atoms with Crippen LogP contribution in [0.15, 0.2) is 66.7 Å². The van der Waals surface area contributed by atoms with Crippen LogP contribution in [0.1, 0.15) is 28.5 Å². The van der Waals surface area contributed by atoms with Crippen molar-refractivity contribution in [2.24, 2.45) is 0 Å². The lowest BCUT2D eigenvalue weighted by Crippen LogP contribution is -2.31. The van der Waals surface area contributed by atoms with Crippen molar-refractivity contribution in [1.29, 1.82) is 0 Å². The molecule has 6 heteroatoms. The molecular weight excluding hydrogens is 406 g/mol. The first-order chi connectivity index (χ1) is 15.7. The maximum absolute atomic E-state index is 12.4. The molecule has 0 heterocycles. The molecule has 4 rings (SSSR count). The van der Waals surface area contributed by atoms with Gasteiger partial charge in [0.25, 0.3) is 0 Å². The Bertz CT molecular complexity index is 1050. The molecule has 0 fully saturated rings. The summed E-state index contributed by atoms with van der Waals surface area (Å²) in [4.78, 5) is 12.4. The van der Waals surface area contributed by atoms with Crippen molar-refractivity contribution in [1.82, 2.24) is 5.32 Å². The minimum atomic E-state index is -0.509. The number of alkyl carbamates (subject to hydrolysis) is 1. The topological polar surface area (TPSA) is 77.0 Å². The van der Waals surface area contributed by atoms with Gasteiger partial charge in [-0.25, -0.2) is 4.79 Å². The van der Waals surface area contributed by atoms with Crippen molar-refractivity contribution in [3.05, 3.63) is 83.4 Å². The number of carbonyl (C=O) groups excluding carboxylic acids is 1. The van der Waals surface area contributed by atoms with Gasteiger partial charge in [0.05, 0.1) is 20.8 Å². The van der Waals surface area contributed by atoms with Crippen molar-refractivity contribution in [2.75, 3.05) is 34.0 Å². The molecule has 1 amide bonds. The number of fused-ring (bicyclic) bond motifs is 3. The summed E-state index contributed by atoms with van der Waals surface area (Å²) in [5, 5.41) is 12.6. The number of methoxy groups -OCH3 is 2. The lowest BCUT2D eigenvalue weighted by Gasteiger charge is -2.18. The second kappa shape index (κ2) is 9.75. The first kappa shape index (κ1) is 21.7. The number of hydrogen-bond acceptors (Lipinski definition) is 5. The normalized spacial score (nSPS) is 13.1. The molecular formula is C26H27NO5. The highest BCUT2D eigenvalue weighted by Crippen LogP contribution is 2.44. The Morgan fingerprint density at radius 2 is 1.56 bits per heavy atom. The van der Waals surface area contributed by atoms with Crippen LogP contribution >= 0.6 is 0 Å². The first-order valence-electron chi connectivity index (χ1n) is 10.6. The molecule has 0 saturated heterocycles. The molecule has 0 saturated carbocycles. The van der Waals surface area contributed by atoms with Gasteiger partial charge in [-0.1, -0.05) is 54.6 Å². The zero-order valence-corrected chi connectivity index (χ0v) is 18.2. The third-order valence-corrected chi connectivity index (χ3v) is 5.94. The summed E-state index contributed by atoms with van der Waals surface area (Å²) in [6.07, 6.45) is -0.509. The van der Waals surface area contributed by atoms with Crippen LogP contribution in [0.3, 0.4) is 0 Å². The molecule has 6 nitrogen and oxygen atoms in total. The third kappa shape index (κ3) is 4.27. The van der Waals surface area contributed by atoms with E-state index in [1.807, 2.05) is 30.3 Å². The van der Waals surface area contributed by atoms with Gasteiger partial charge in [0.15, 0.2) is 11.5 Å². The van der Waals surface area contributed by atoms with Crippen LogP contribution in [-0.2, 0) is 4.74 Å². The van der Waals surface area contributed by atoms with Crippen LogP contribution in [0.5, 0.6) is 11.5 Å². The highest BCUT2D eigenvalue weighted by molar-refractivity contribution is 5.79. The molecule has 0 aliphatic heterocycles. The summed E-state index contributed by atoms with van der Waals surface area (Å²) in [6, 6.07) is 21.9. The monoisotopic (exact) mass is 433 g/mol. The van der Waals surface area contributed by atoms with Crippen LogP contribution in [0.4, 0.5) is 4.79 Å². The van der Waals surface area contributed by atoms with Gasteiger partial charge in [-0.2, -0.15) is 0 Å². The first-order valence-corrected chi connectivity index (χ1v) is 10.6. The van der Waals surface area contributed by atoms with E-state index >= 15 is 0 Å². The quantitative estimate of drug-likeness (QED) is 0.553. The summed E-state index contributed by atoms with van der Waals surface area (Å²) >= 11 is 0. The summed E-state index contributed by atoms with van der Waals surface area (Å²) in [7, 11) is 3.13. The Labute approximate surface area is 187 Å². The van der Waals surface area contributed by atoms with Gasteiger partial charge in [-0.3, -0.25) is 0 Å². The zero-order chi connectivity index (χ0) is 22.5. The standard InChI is InChI=1S/C26H27NO5/c1-30-24-12-11-17(13-25(24)31-2)18(15-28)14-27-26(29)32-16-23-21-9-5-3-7-19(21)20-8-4-6-10-22(20)23/h3-13,18,23,28H,14-16H2,1-2H3,(H,27,29). The molecule has 1 atom stereocenters. The van der Waals surface area contributed by atoms with E-state index < -0.39 is 6.09 Å². The highest BCUT2D eigenvalue weighted by atomic mass is 16.5. The summed E-state index contributed by atoms with van der Waals surface area (Å²) in [5.74, 6) is 0.893. The summed E-state index contributed by atoms with van der Waals surface area (Å²) in [5.41, 5.74) is 5.54. The number of ether oxygens (including phenoxy) is 3. The zero-order valence-electron chi connectivity index (χ0n) is 18.2. The van der Waals surface area contributed by atoms with Gasteiger partial charge in [-0.05, 0) is 39.9 Å². The Kier molecular flexibility index (Phi) is 6.61. The molecule has 0 aromatic heterocycles. The van der Waals surface area contributed by atoms with Crippen LogP contribution < -0.4 is 14.8 Å². The predicted molar refractivity (Wildman–Crippen MR) is 122 cm³/mol. The molecule has 32 heavy (non-hydrogen) atoms. The van der Waals surface area contributed by atoms with Crippen molar-refractivity contribution in [3.63, 3.8) is 0 Å². The molecule has 0 spiro atoms. The second-order valence-electron chi connectivity index (χ2n) is 7.70. The average molecular weight is 434 g/mol. The van der Waals surface area contributed by atoms with Crippen LogP contribution in [0, 0.1) is 0 Å². The smallest absolute Gasteiger partial charge is 0.407 e.